The zero-order chi connectivity index (χ0) is 18.6. The lowest BCUT2D eigenvalue weighted by molar-refractivity contribution is -0.142. The van der Waals surface area contributed by atoms with E-state index in [1.54, 1.807) is 11.3 Å². The van der Waals surface area contributed by atoms with Crippen LogP contribution in [0.4, 0.5) is 5.69 Å². The first-order chi connectivity index (χ1) is 13.2. The Kier molecular flexibility index (Phi) is 5.40. The van der Waals surface area contributed by atoms with E-state index < -0.39 is 0 Å². The largest absolute Gasteiger partial charge is 0.464 e. The minimum Gasteiger partial charge on any atom is -0.464 e. The number of thiazole rings is 1. The standard InChI is InChI=1S/C20H18N2O3S2/c23-19-13-26-17-9-4-2-7-15(17)22(19)12-20(24)25-11-5-10-18-21-14-6-1-3-8-16(14)27-18/h1-4,6-9H,5,10-13H2. The monoisotopic (exact) mass is 398 g/mol. The SMILES string of the molecule is O=C(CN1C(=O)CSc2ccccc21)OCCCc1nc2ccccc2s1. The van der Waals surface area contributed by atoms with Crippen molar-refractivity contribution in [2.24, 2.45) is 0 Å². The fourth-order valence-electron chi connectivity index (χ4n) is 2.94. The van der Waals surface area contributed by atoms with Crippen molar-refractivity contribution in [2.75, 3.05) is 23.8 Å². The van der Waals surface area contributed by atoms with Crippen LogP contribution >= 0.6 is 23.1 Å². The Morgan fingerprint density at radius 3 is 2.85 bits per heavy atom. The predicted molar refractivity (Wildman–Crippen MR) is 108 cm³/mol. The number of rotatable bonds is 6. The number of ether oxygens (including phenoxy) is 1. The number of carbonyl (C=O) groups is 2. The van der Waals surface area contributed by atoms with E-state index in [4.69, 9.17) is 4.74 Å². The minimum absolute atomic E-state index is 0.0441. The van der Waals surface area contributed by atoms with Gasteiger partial charge in [0.25, 0.3) is 0 Å². The molecule has 2 heterocycles. The van der Waals surface area contributed by atoms with Crippen molar-refractivity contribution < 1.29 is 14.3 Å². The van der Waals surface area contributed by atoms with Gasteiger partial charge in [-0.05, 0) is 30.7 Å². The molecule has 0 saturated heterocycles. The smallest absolute Gasteiger partial charge is 0.326 e. The first kappa shape index (κ1) is 18.0. The summed E-state index contributed by atoms with van der Waals surface area (Å²) >= 11 is 3.17. The molecule has 0 bridgehead atoms. The van der Waals surface area contributed by atoms with E-state index in [1.165, 1.54) is 21.4 Å². The van der Waals surface area contributed by atoms with E-state index >= 15 is 0 Å². The van der Waals surface area contributed by atoms with Crippen LogP contribution in [0.15, 0.2) is 53.4 Å². The fourth-order valence-corrected chi connectivity index (χ4v) is 4.88. The van der Waals surface area contributed by atoms with Gasteiger partial charge in [0.1, 0.15) is 6.54 Å². The molecule has 27 heavy (non-hydrogen) atoms. The third-order valence-electron chi connectivity index (χ3n) is 4.23. The molecule has 0 radical (unpaired) electrons. The highest BCUT2D eigenvalue weighted by Crippen LogP contribution is 2.34. The molecule has 3 aromatic rings. The van der Waals surface area contributed by atoms with Crippen LogP contribution in [0.25, 0.3) is 10.2 Å². The number of anilines is 1. The molecule has 1 amide bonds. The number of hydrogen-bond donors (Lipinski definition) is 0. The molecule has 0 fully saturated rings. The van der Waals surface area contributed by atoms with Gasteiger partial charge in [0.15, 0.2) is 0 Å². The average molecular weight is 399 g/mol. The summed E-state index contributed by atoms with van der Waals surface area (Å²) in [6.45, 7) is 0.282. The zero-order valence-electron chi connectivity index (χ0n) is 14.6. The zero-order valence-corrected chi connectivity index (χ0v) is 16.2. The van der Waals surface area contributed by atoms with E-state index in [2.05, 4.69) is 11.1 Å². The van der Waals surface area contributed by atoms with E-state index in [9.17, 15) is 9.59 Å². The van der Waals surface area contributed by atoms with Crippen LogP contribution in [0.1, 0.15) is 11.4 Å². The van der Waals surface area contributed by atoms with Gasteiger partial charge in [-0.15, -0.1) is 23.1 Å². The summed E-state index contributed by atoms with van der Waals surface area (Å²) in [5, 5.41) is 1.05. The molecule has 7 heteroatoms. The second kappa shape index (κ2) is 8.10. The molecule has 1 aliphatic heterocycles. The van der Waals surface area contributed by atoms with Crippen molar-refractivity contribution in [1.29, 1.82) is 0 Å². The van der Waals surface area contributed by atoms with Crippen molar-refractivity contribution >= 4 is 50.9 Å². The van der Waals surface area contributed by atoms with Gasteiger partial charge >= 0.3 is 5.97 Å². The summed E-state index contributed by atoms with van der Waals surface area (Å²) in [4.78, 5) is 31.5. The molecule has 0 saturated carbocycles. The summed E-state index contributed by atoms with van der Waals surface area (Å²) in [5.41, 5.74) is 1.79. The third-order valence-corrected chi connectivity index (χ3v) is 6.38. The van der Waals surface area contributed by atoms with E-state index in [1.807, 2.05) is 42.5 Å². The fraction of sp³-hybridized carbons (Fsp3) is 0.250. The van der Waals surface area contributed by atoms with Crippen molar-refractivity contribution in [3.05, 3.63) is 53.5 Å². The number of thioether (sulfide) groups is 1. The maximum Gasteiger partial charge on any atom is 0.326 e. The van der Waals surface area contributed by atoms with E-state index in [-0.39, 0.29) is 18.4 Å². The molecule has 1 aliphatic rings. The highest BCUT2D eigenvalue weighted by Gasteiger charge is 2.26. The first-order valence-corrected chi connectivity index (χ1v) is 10.5. The van der Waals surface area contributed by atoms with Crippen molar-refractivity contribution in [3.63, 3.8) is 0 Å². The highest BCUT2D eigenvalue weighted by atomic mass is 32.2. The number of hydrogen-bond acceptors (Lipinski definition) is 6. The number of esters is 1. The van der Waals surface area contributed by atoms with E-state index in [0.717, 1.165) is 27.5 Å². The molecule has 0 spiro atoms. The molecule has 0 N–H and O–H groups in total. The van der Waals surface area contributed by atoms with Gasteiger partial charge in [-0.3, -0.25) is 14.5 Å². The number of carbonyl (C=O) groups excluding carboxylic acids is 2. The minimum atomic E-state index is -0.380. The van der Waals surface area contributed by atoms with Gasteiger partial charge in [-0.1, -0.05) is 24.3 Å². The highest BCUT2D eigenvalue weighted by molar-refractivity contribution is 8.00. The van der Waals surface area contributed by atoms with Gasteiger partial charge in [-0.25, -0.2) is 4.98 Å². The maximum atomic E-state index is 12.2. The number of nitrogens with zero attached hydrogens (tertiary/aromatic N) is 2. The quantitative estimate of drug-likeness (QED) is 0.465. The normalized spacial score (nSPS) is 13.6. The Morgan fingerprint density at radius 2 is 1.96 bits per heavy atom. The number of amides is 1. The van der Waals surface area contributed by atoms with Crippen LogP contribution in [0.3, 0.4) is 0 Å². The summed E-state index contributed by atoms with van der Waals surface area (Å²) in [6, 6.07) is 15.7. The predicted octanol–water partition coefficient (Wildman–Crippen LogP) is 3.91. The lowest BCUT2D eigenvalue weighted by Gasteiger charge is -2.27. The van der Waals surface area contributed by atoms with Crippen LogP contribution in [0.5, 0.6) is 0 Å². The molecule has 1 aromatic heterocycles. The van der Waals surface area contributed by atoms with Crippen molar-refractivity contribution in [2.45, 2.75) is 17.7 Å². The van der Waals surface area contributed by atoms with Crippen LogP contribution in [0.2, 0.25) is 0 Å². The molecule has 0 unspecified atom stereocenters. The second-order valence-electron chi connectivity index (χ2n) is 6.14. The lowest BCUT2D eigenvalue weighted by Crippen LogP contribution is -2.39. The van der Waals surface area contributed by atoms with Crippen molar-refractivity contribution in [1.82, 2.24) is 4.98 Å². The van der Waals surface area contributed by atoms with Gasteiger partial charge < -0.3 is 4.74 Å². The first-order valence-electron chi connectivity index (χ1n) is 8.73. The number of aromatic nitrogens is 1. The average Bonchev–Trinajstić information content (AvgIpc) is 3.10. The van der Waals surface area contributed by atoms with Crippen molar-refractivity contribution in [3.8, 4) is 0 Å². The van der Waals surface area contributed by atoms with E-state index in [0.29, 0.717) is 18.8 Å². The molecule has 0 atom stereocenters. The van der Waals surface area contributed by atoms with Gasteiger partial charge in [0.2, 0.25) is 5.91 Å². The van der Waals surface area contributed by atoms with Gasteiger partial charge in [0.05, 0.1) is 33.3 Å². The number of fused-ring (bicyclic) bond motifs is 2. The third kappa shape index (κ3) is 4.14. The molecular weight excluding hydrogens is 380 g/mol. The number of benzene rings is 2. The lowest BCUT2D eigenvalue weighted by atomic mass is 10.2. The van der Waals surface area contributed by atoms with Crippen LogP contribution in [-0.4, -0.2) is 35.8 Å². The Hall–Kier alpha value is -2.38. The molecule has 138 valence electrons. The topological polar surface area (TPSA) is 59.5 Å². The molecule has 5 nitrogen and oxygen atoms in total. The molecule has 2 aromatic carbocycles. The molecular formula is C20H18N2O3S2. The van der Waals surface area contributed by atoms with Crippen LogP contribution in [-0.2, 0) is 20.7 Å². The summed E-state index contributed by atoms with van der Waals surface area (Å²) < 4.78 is 6.51. The Labute approximate surface area is 165 Å². The van der Waals surface area contributed by atoms with Crippen LogP contribution in [0, 0.1) is 0 Å². The summed E-state index contributed by atoms with van der Waals surface area (Å²) in [6.07, 6.45) is 1.49. The number of aryl methyl sites for hydroxylation is 1. The van der Waals surface area contributed by atoms with Gasteiger partial charge in [-0.2, -0.15) is 0 Å². The van der Waals surface area contributed by atoms with Crippen LogP contribution < -0.4 is 4.90 Å². The Morgan fingerprint density at radius 1 is 1.15 bits per heavy atom. The second-order valence-corrected chi connectivity index (χ2v) is 8.27. The maximum absolute atomic E-state index is 12.2. The Balaban J connectivity index is 1.28. The number of para-hydroxylation sites is 2. The summed E-state index contributed by atoms with van der Waals surface area (Å²) in [7, 11) is 0. The summed E-state index contributed by atoms with van der Waals surface area (Å²) in [5.74, 6) is -0.0958. The molecule has 4 rings (SSSR count). The Bertz CT molecular complexity index is 953. The molecule has 0 aliphatic carbocycles. The van der Waals surface area contributed by atoms with Gasteiger partial charge in [0, 0.05) is 11.3 Å².